The number of amides is 1. The quantitative estimate of drug-likeness (QED) is 0.533. The third-order valence-corrected chi connectivity index (χ3v) is 5.43. The normalized spacial score (nSPS) is 16.8. The monoisotopic (exact) mass is 449 g/mol. The highest BCUT2D eigenvalue weighted by molar-refractivity contribution is 7.12. The summed E-state index contributed by atoms with van der Waals surface area (Å²) in [6.45, 7) is 1.66. The molecule has 1 atom stereocenters. The Kier molecular flexibility index (Phi) is 5.10. The van der Waals surface area contributed by atoms with Crippen molar-refractivity contribution in [3.63, 3.8) is 0 Å². The second-order valence-corrected chi connectivity index (χ2v) is 7.59. The minimum atomic E-state index is -4.92. The molecule has 1 aliphatic heterocycles. The van der Waals surface area contributed by atoms with E-state index in [1.54, 1.807) is 30.5 Å². The molecule has 31 heavy (non-hydrogen) atoms. The van der Waals surface area contributed by atoms with Crippen LogP contribution in [0.5, 0.6) is 5.75 Å². The summed E-state index contributed by atoms with van der Waals surface area (Å²) in [5.41, 5.74) is -0.227. The Hall–Kier alpha value is -3.53. The number of rotatable bonds is 5. The molecule has 3 aromatic rings. The summed E-state index contributed by atoms with van der Waals surface area (Å²) in [6.07, 6.45) is -4.92. The van der Waals surface area contributed by atoms with Gasteiger partial charge >= 0.3 is 6.36 Å². The van der Waals surface area contributed by atoms with Crippen LogP contribution in [-0.2, 0) is 4.79 Å². The maximum atomic E-state index is 13.1. The number of aliphatic hydroxyl groups is 1. The molecule has 0 bridgehead atoms. The molecule has 1 unspecified atom stereocenters. The van der Waals surface area contributed by atoms with E-state index >= 15 is 0 Å². The van der Waals surface area contributed by atoms with Gasteiger partial charge in [-0.25, -0.2) is 0 Å². The summed E-state index contributed by atoms with van der Waals surface area (Å²) >= 11 is 1.13. The van der Waals surface area contributed by atoms with Crippen molar-refractivity contribution in [1.82, 2.24) is 0 Å². The van der Waals surface area contributed by atoms with Crippen LogP contribution < -0.4 is 9.64 Å². The molecule has 0 fully saturated rings. The van der Waals surface area contributed by atoms with Gasteiger partial charge in [0.2, 0.25) is 5.78 Å². The standard InChI is InChI=1S/C21H14F3NO5S/c1-11-7-8-14(29-11)17-16(18(26)15-6-3-9-31-15)19(27)20(28)25(17)12-4-2-5-13(10-12)30-21(22,23)24/h2-10,17,27H,1H3. The van der Waals surface area contributed by atoms with Crippen LogP contribution >= 0.6 is 11.3 Å². The molecule has 0 aliphatic carbocycles. The smallest absolute Gasteiger partial charge is 0.503 e. The molecular formula is C21H14F3NO5S. The first-order valence-corrected chi connectivity index (χ1v) is 9.80. The van der Waals surface area contributed by atoms with Gasteiger partial charge in [-0.05, 0) is 42.6 Å². The molecule has 4 rings (SSSR count). The second kappa shape index (κ2) is 7.62. The topological polar surface area (TPSA) is 80.0 Å². The van der Waals surface area contributed by atoms with Crippen LogP contribution in [0.3, 0.4) is 0 Å². The first-order valence-electron chi connectivity index (χ1n) is 8.93. The van der Waals surface area contributed by atoms with Gasteiger partial charge in [0.1, 0.15) is 23.3 Å². The van der Waals surface area contributed by atoms with Gasteiger partial charge in [-0.1, -0.05) is 12.1 Å². The molecule has 2 aromatic heterocycles. The minimum Gasteiger partial charge on any atom is -0.503 e. The molecule has 0 saturated heterocycles. The zero-order valence-electron chi connectivity index (χ0n) is 15.8. The zero-order chi connectivity index (χ0) is 22.3. The number of nitrogens with zero attached hydrogens (tertiary/aromatic N) is 1. The summed E-state index contributed by atoms with van der Waals surface area (Å²) in [7, 11) is 0. The molecule has 1 aliphatic rings. The van der Waals surface area contributed by atoms with Crippen LogP contribution in [0.4, 0.5) is 18.9 Å². The fraction of sp³-hybridized carbons (Fsp3) is 0.143. The lowest BCUT2D eigenvalue weighted by Gasteiger charge is -2.25. The molecule has 10 heteroatoms. The number of hydrogen-bond acceptors (Lipinski definition) is 6. The van der Waals surface area contributed by atoms with Gasteiger partial charge in [0.15, 0.2) is 5.76 Å². The number of aliphatic hydroxyl groups excluding tert-OH is 1. The Morgan fingerprint density at radius 3 is 2.58 bits per heavy atom. The molecule has 0 spiro atoms. The van der Waals surface area contributed by atoms with Crippen LogP contribution in [0, 0.1) is 6.92 Å². The number of ketones is 1. The SMILES string of the molecule is Cc1ccc(C2C(C(=O)c3cccs3)=C(O)C(=O)N2c2cccc(OC(F)(F)F)c2)o1. The molecule has 1 N–H and O–H groups in total. The largest absolute Gasteiger partial charge is 0.573 e. The van der Waals surface area contributed by atoms with Gasteiger partial charge in [0.25, 0.3) is 5.91 Å². The third kappa shape index (κ3) is 3.93. The Morgan fingerprint density at radius 1 is 1.19 bits per heavy atom. The van der Waals surface area contributed by atoms with Crippen molar-refractivity contribution in [2.75, 3.05) is 4.90 Å². The number of hydrogen-bond donors (Lipinski definition) is 1. The summed E-state index contributed by atoms with van der Waals surface area (Å²) in [5, 5.41) is 12.2. The highest BCUT2D eigenvalue weighted by atomic mass is 32.1. The number of carbonyl (C=O) groups excluding carboxylic acids is 2. The van der Waals surface area contributed by atoms with Gasteiger partial charge in [0, 0.05) is 11.8 Å². The number of benzene rings is 1. The van der Waals surface area contributed by atoms with Gasteiger partial charge in [-0.3, -0.25) is 14.5 Å². The van der Waals surface area contributed by atoms with Gasteiger partial charge < -0.3 is 14.3 Å². The fourth-order valence-electron chi connectivity index (χ4n) is 3.34. The van der Waals surface area contributed by atoms with Crippen molar-refractivity contribution in [1.29, 1.82) is 0 Å². The van der Waals surface area contributed by atoms with Crippen LogP contribution in [-0.4, -0.2) is 23.2 Å². The van der Waals surface area contributed by atoms with Gasteiger partial charge in [-0.2, -0.15) is 0 Å². The van der Waals surface area contributed by atoms with E-state index < -0.39 is 35.6 Å². The van der Waals surface area contributed by atoms with E-state index in [-0.39, 0.29) is 17.0 Å². The molecule has 6 nitrogen and oxygen atoms in total. The van der Waals surface area contributed by atoms with E-state index in [1.807, 2.05) is 0 Å². The van der Waals surface area contributed by atoms with Crippen LogP contribution in [0.2, 0.25) is 0 Å². The predicted octanol–water partition coefficient (Wildman–Crippen LogP) is 5.33. The molecule has 1 aromatic carbocycles. The number of furan rings is 1. The molecule has 3 heterocycles. The highest BCUT2D eigenvalue weighted by Gasteiger charge is 2.46. The Morgan fingerprint density at radius 2 is 1.97 bits per heavy atom. The number of alkyl halides is 3. The number of anilines is 1. The fourth-order valence-corrected chi connectivity index (χ4v) is 4.02. The van der Waals surface area contributed by atoms with E-state index in [4.69, 9.17) is 4.42 Å². The third-order valence-electron chi connectivity index (χ3n) is 4.56. The molecule has 0 saturated carbocycles. The summed E-state index contributed by atoms with van der Waals surface area (Å²) in [6, 6.07) is 9.89. The number of Topliss-reactive ketones (excluding diaryl/α,β-unsaturated/α-hetero) is 1. The summed E-state index contributed by atoms with van der Waals surface area (Å²) < 4.78 is 47.5. The lowest BCUT2D eigenvalue weighted by Crippen LogP contribution is -2.31. The maximum absolute atomic E-state index is 13.1. The summed E-state index contributed by atoms with van der Waals surface area (Å²) in [4.78, 5) is 27.3. The van der Waals surface area contributed by atoms with Crippen molar-refractivity contribution in [2.45, 2.75) is 19.3 Å². The Labute approximate surface area is 177 Å². The van der Waals surface area contributed by atoms with Crippen LogP contribution in [0.15, 0.2) is 69.7 Å². The highest BCUT2D eigenvalue weighted by Crippen LogP contribution is 2.43. The zero-order valence-corrected chi connectivity index (χ0v) is 16.7. The van der Waals surface area contributed by atoms with Crippen molar-refractivity contribution in [3.8, 4) is 5.75 Å². The van der Waals surface area contributed by atoms with Crippen molar-refractivity contribution >= 4 is 28.7 Å². The van der Waals surface area contributed by atoms with Crippen LogP contribution in [0.1, 0.15) is 27.2 Å². The van der Waals surface area contributed by atoms with E-state index in [2.05, 4.69) is 4.74 Å². The molecular weight excluding hydrogens is 435 g/mol. The van der Waals surface area contributed by atoms with E-state index in [0.29, 0.717) is 10.6 Å². The first-order chi connectivity index (χ1) is 14.7. The second-order valence-electron chi connectivity index (χ2n) is 6.64. The molecule has 0 radical (unpaired) electrons. The Bertz CT molecular complexity index is 1180. The van der Waals surface area contributed by atoms with E-state index in [0.717, 1.165) is 28.4 Å². The maximum Gasteiger partial charge on any atom is 0.573 e. The first kappa shape index (κ1) is 20.7. The van der Waals surface area contributed by atoms with Crippen molar-refractivity contribution < 1.29 is 37.0 Å². The van der Waals surface area contributed by atoms with E-state index in [9.17, 15) is 27.9 Å². The summed E-state index contributed by atoms with van der Waals surface area (Å²) in [5.74, 6) is -2.19. The number of thiophene rings is 1. The van der Waals surface area contributed by atoms with Gasteiger partial charge in [0.05, 0.1) is 10.5 Å². The average Bonchev–Trinajstić information content (AvgIpc) is 3.41. The van der Waals surface area contributed by atoms with Crippen LogP contribution in [0.25, 0.3) is 0 Å². The molecule has 160 valence electrons. The number of carbonyl (C=O) groups is 2. The van der Waals surface area contributed by atoms with Crippen molar-refractivity contribution in [2.24, 2.45) is 0 Å². The number of halogens is 3. The van der Waals surface area contributed by atoms with Gasteiger partial charge in [-0.15, -0.1) is 24.5 Å². The average molecular weight is 449 g/mol. The van der Waals surface area contributed by atoms with E-state index in [1.165, 1.54) is 18.2 Å². The Balaban J connectivity index is 1.82. The lowest BCUT2D eigenvalue weighted by atomic mass is 10.00. The minimum absolute atomic E-state index is 0.00803. The molecule has 1 amide bonds. The lowest BCUT2D eigenvalue weighted by molar-refractivity contribution is -0.274. The predicted molar refractivity (Wildman–Crippen MR) is 105 cm³/mol. The van der Waals surface area contributed by atoms with Crippen molar-refractivity contribution in [3.05, 3.63) is 81.6 Å². The number of aryl methyl sites for hydroxylation is 1. The number of ether oxygens (including phenoxy) is 1.